The Balaban J connectivity index is 2.56. The van der Waals surface area contributed by atoms with Crippen molar-refractivity contribution in [2.45, 2.75) is 6.04 Å². The van der Waals surface area contributed by atoms with Crippen molar-refractivity contribution in [3.63, 3.8) is 0 Å². The molecular formula is C16H13N3O2. The molecule has 3 aromatic rings. The first-order valence-electron chi connectivity index (χ1n) is 6.46. The predicted octanol–water partition coefficient (Wildman–Crippen LogP) is 3.47. The summed E-state index contributed by atoms with van der Waals surface area (Å²) in [5.41, 5.74) is 8.43. The van der Waals surface area contributed by atoms with Gasteiger partial charge in [0.25, 0.3) is 6.04 Å². The molecule has 0 saturated carbocycles. The third-order valence-electron chi connectivity index (χ3n) is 3.53. The summed E-state index contributed by atoms with van der Waals surface area (Å²) in [6, 6.07) is 11.6. The highest BCUT2D eigenvalue weighted by Crippen LogP contribution is 2.35. The summed E-state index contributed by atoms with van der Waals surface area (Å²) in [4.78, 5) is 15.6. The van der Waals surface area contributed by atoms with Gasteiger partial charge in [0, 0.05) is 21.4 Å². The Bertz CT molecular complexity index is 874. The van der Waals surface area contributed by atoms with Crippen molar-refractivity contribution in [2.24, 2.45) is 0 Å². The average molecular weight is 279 g/mol. The highest BCUT2D eigenvalue weighted by Gasteiger charge is 2.25. The molecule has 0 aliphatic heterocycles. The highest BCUT2D eigenvalue weighted by molar-refractivity contribution is 6.03. The predicted molar refractivity (Wildman–Crippen MR) is 83.6 cm³/mol. The number of aromatic nitrogens is 1. The molecule has 104 valence electrons. The van der Waals surface area contributed by atoms with Gasteiger partial charge < -0.3 is 5.73 Å². The maximum Gasteiger partial charge on any atom is 0.257 e. The lowest BCUT2D eigenvalue weighted by Gasteiger charge is -2.14. The second kappa shape index (κ2) is 4.86. The van der Waals surface area contributed by atoms with Crippen LogP contribution in [0.4, 0.5) is 5.69 Å². The minimum absolute atomic E-state index is 0.360. The van der Waals surface area contributed by atoms with Crippen LogP contribution in [0.2, 0.25) is 0 Å². The number of benzene rings is 2. The molecule has 1 heterocycles. The van der Waals surface area contributed by atoms with Gasteiger partial charge in [-0.3, -0.25) is 10.1 Å². The Labute approximate surface area is 120 Å². The van der Waals surface area contributed by atoms with E-state index in [9.17, 15) is 10.1 Å². The van der Waals surface area contributed by atoms with E-state index in [4.69, 9.17) is 5.73 Å². The molecule has 0 aliphatic carbocycles. The van der Waals surface area contributed by atoms with Crippen LogP contribution < -0.4 is 5.73 Å². The van der Waals surface area contributed by atoms with Gasteiger partial charge in [-0.05, 0) is 24.3 Å². The van der Waals surface area contributed by atoms with Crippen molar-refractivity contribution in [3.05, 3.63) is 70.8 Å². The van der Waals surface area contributed by atoms with Crippen LogP contribution in [0.25, 0.3) is 21.8 Å². The zero-order valence-electron chi connectivity index (χ0n) is 11.2. The molecule has 5 heteroatoms. The molecule has 0 fully saturated rings. The van der Waals surface area contributed by atoms with Crippen molar-refractivity contribution < 1.29 is 4.92 Å². The zero-order valence-corrected chi connectivity index (χ0v) is 11.2. The standard InChI is InChI=1S/C16H13N3O2/c1-2-14(19(20)21)15-10-6-3-4-8-12(10)18-13-9-5-7-11(17)16(13)15/h2-9,14H,1,17H2. The molecule has 3 rings (SSSR count). The second-order valence-corrected chi connectivity index (χ2v) is 4.75. The van der Waals surface area contributed by atoms with E-state index in [1.807, 2.05) is 30.3 Å². The molecule has 1 unspecified atom stereocenters. The number of anilines is 1. The Morgan fingerprint density at radius 1 is 1.19 bits per heavy atom. The summed E-state index contributed by atoms with van der Waals surface area (Å²) < 4.78 is 0. The smallest absolute Gasteiger partial charge is 0.257 e. The number of hydrogen-bond donors (Lipinski definition) is 1. The van der Waals surface area contributed by atoms with Gasteiger partial charge in [-0.25, -0.2) is 4.98 Å². The van der Waals surface area contributed by atoms with Crippen LogP contribution in [0, 0.1) is 10.1 Å². The van der Waals surface area contributed by atoms with E-state index in [1.165, 1.54) is 6.08 Å². The normalized spacial score (nSPS) is 12.4. The van der Waals surface area contributed by atoms with Crippen molar-refractivity contribution in [1.29, 1.82) is 0 Å². The number of nitrogens with two attached hydrogens (primary N) is 1. The van der Waals surface area contributed by atoms with Gasteiger partial charge in [-0.2, -0.15) is 0 Å². The van der Waals surface area contributed by atoms with Gasteiger partial charge >= 0.3 is 0 Å². The van der Waals surface area contributed by atoms with Crippen molar-refractivity contribution >= 4 is 27.5 Å². The maximum atomic E-state index is 11.4. The second-order valence-electron chi connectivity index (χ2n) is 4.75. The van der Waals surface area contributed by atoms with E-state index < -0.39 is 6.04 Å². The first-order valence-corrected chi connectivity index (χ1v) is 6.46. The molecule has 21 heavy (non-hydrogen) atoms. The molecule has 0 saturated heterocycles. The van der Waals surface area contributed by atoms with Gasteiger partial charge in [0.2, 0.25) is 0 Å². The Hall–Kier alpha value is -2.95. The van der Waals surface area contributed by atoms with Crippen LogP contribution in [-0.4, -0.2) is 9.91 Å². The summed E-state index contributed by atoms with van der Waals surface area (Å²) in [6.07, 6.45) is 1.33. The number of pyridine rings is 1. The summed E-state index contributed by atoms with van der Waals surface area (Å²) in [6.45, 7) is 3.60. The van der Waals surface area contributed by atoms with Crippen LogP contribution in [0.15, 0.2) is 55.1 Å². The van der Waals surface area contributed by atoms with Crippen LogP contribution >= 0.6 is 0 Å². The Morgan fingerprint density at radius 2 is 1.90 bits per heavy atom. The molecule has 2 N–H and O–H groups in total. The third-order valence-corrected chi connectivity index (χ3v) is 3.53. The first kappa shape index (κ1) is 13.1. The van der Waals surface area contributed by atoms with Crippen LogP contribution in [0.3, 0.4) is 0 Å². The van der Waals surface area contributed by atoms with Crippen molar-refractivity contribution in [2.75, 3.05) is 5.73 Å². The fraction of sp³-hybridized carbons (Fsp3) is 0.0625. The molecule has 0 bridgehead atoms. The van der Waals surface area contributed by atoms with E-state index in [-0.39, 0.29) is 4.92 Å². The quantitative estimate of drug-likeness (QED) is 0.261. The van der Waals surface area contributed by atoms with E-state index >= 15 is 0 Å². The minimum Gasteiger partial charge on any atom is -0.398 e. The van der Waals surface area contributed by atoms with Gasteiger partial charge in [-0.1, -0.05) is 30.8 Å². The molecule has 0 aliphatic rings. The number of nitrogens with zero attached hydrogens (tertiary/aromatic N) is 2. The topological polar surface area (TPSA) is 82.0 Å². The van der Waals surface area contributed by atoms with Gasteiger partial charge in [-0.15, -0.1) is 0 Å². The summed E-state index contributed by atoms with van der Waals surface area (Å²) in [5.74, 6) is 0. The number of para-hydroxylation sites is 1. The molecule has 5 nitrogen and oxygen atoms in total. The van der Waals surface area contributed by atoms with Gasteiger partial charge in [0.15, 0.2) is 0 Å². The van der Waals surface area contributed by atoms with Crippen LogP contribution in [0.5, 0.6) is 0 Å². The number of hydrogen-bond acceptors (Lipinski definition) is 4. The molecule has 0 radical (unpaired) electrons. The zero-order chi connectivity index (χ0) is 15.0. The van der Waals surface area contributed by atoms with E-state index in [1.54, 1.807) is 12.1 Å². The molecule has 0 spiro atoms. The number of fused-ring (bicyclic) bond motifs is 2. The maximum absolute atomic E-state index is 11.4. The van der Waals surface area contributed by atoms with Gasteiger partial charge in [0.05, 0.1) is 16.6 Å². The monoisotopic (exact) mass is 279 g/mol. The fourth-order valence-corrected chi connectivity index (χ4v) is 2.62. The highest BCUT2D eigenvalue weighted by atomic mass is 16.6. The molecule has 1 aromatic heterocycles. The molecule has 2 aromatic carbocycles. The lowest BCUT2D eigenvalue weighted by molar-refractivity contribution is -0.514. The third kappa shape index (κ3) is 1.99. The van der Waals surface area contributed by atoms with E-state index in [0.29, 0.717) is 27.7 Å². The fourth-order valence-electron chi connectivity index (χ4n) is 2.62. The van der Waals surface area contributed by atoms with Crippen LogP contribution in [-0.2, 0) is 0 Å². The lowest BCUT2D eigenvalue weighted by Crippen LogP contribution is -2.10. The Kier molecular flexibility index (Phi) is 3.02. The van der Waals surface area contributed by atoms with E-state index in [2.05, 4.69) is 11.6 Å². The van der Waals surface area contributed by atoms with E-state index in [0.717, 1.165) is 5.39 Å². The SMILES string of the molecule is C=CC(c1c2ccccc2nc2cccc(N)c12)[N+](=O)[O-]. The van der Waals surface area contributed by atoms with Crippen molar-refractivity contribution in [1.82, 2.24) is 4.98 Å². The minimum atomic E-state index is -1.02. The average Bonchev–Trinajstić information content (AvgIpc) is 2.47. The van der Waals surface area contributed by atoms with Crippen molar-refractivity contribution in [3.8, 4) is 0 Å². The number of nitrogen functional groups attached to an aromatic ring is 1. The number of rotatable bonds is 3. The number of nitro groups is 1. The first-order chi connectivity index (χ1) is 10.1. The summed E-state index contributed by atoms with van der Waals surface area (Å²) >= 11 is 0. The molecule has 0 amide bonds. The van der Waals surface area contributed by atoms with Gasteiger partial charge in [0.1, 0.15) is 0 Å². The summed E-state index contributed by atoms with van der Waals surface area (Å²) in [7, 11) is 0. The molecule has 1 atom stereocenters. The summed E-state index contributed by atoms with van der Waals surface area (Å²) in [5, 5.41) is 12.8. The lowest BCUT2D eigenvalue weighted by atomic mass is 9.96. The molecular weight excluding hydrogens is 266 g/mol. The Morgan fingerprint density at radius 3 is 2.62 bits per heavy atom. The van der Waals surface area contributed by atoms with Crippen LogP contribution in [0.1, 0.15) is 11.6 Å². The largest absolute Gasteiger partial charge is 0.398 e.